The zero-order valence-electron chi connectivity index (χ0n) is 31.8. The van der Waals surface area contributed by atoms with E-state index < -0.39 is 0 Å². The van der Waals surface area contributed by atoms with Crippen LogP contribution >= 0.6 is 0 Å². The highest BCUT2D eigenvalue weighted by atomic mass is 15.0. The molecule has 58 heavy (non-hydrogen) atoms. The van der Waals surface area contributed by atoms with E-state index in [0.717, 1.165) is 11.4 Å². The first kappa shape index (κ1) is 33.6. The predicted molar refractivity (Wildman–Crippen MR) is 245 cm³/mol. The lowest BCUT2D eigenvalue weighted by atomic mass is 9.93. The van der Waals surface area contributed by atoms with Crippen molar-refractivity contribution in [1.82, 2.24) is 9.13 Å². The van der Waals surface area contributed by atoms with E-state index in [1.165, 1.54) is 88.3 Å². The smallest absolute Gasteiger partial charge is 0.0635 e. The van der Waals surface area contributed by atoms with Gasteiger partial charge < -0.3 is 9.13 Å². The topological polar surface area (TPSA) is 9.86 Å². The molecule has 0 aliphatic rings. The number of rotatable bonds is 7. The third kappa shape index (κ3) is 5.91. The Balaban J connectivity index is 1.13. The number of aromatic nitrogens is 2. The van der Waals surface area contributed by atoms with Gasteiger partial charge in [-0.1, -0.05) is 152 Å². The zero-order chi connectivity index (χ0) is 38.4. The van der Waals surface area contributed by atoms with Crippen LogP contribution in [0.3, 0.4) is 0 Å². The fourth-order valence-corrected chi connectivity index (χ4v) is 8.71. The van der Waals surface area contributed by atoms with E-state index >= 15 is 0 Å². The number of fused-ring (bicyclic) bond motifs is 5. The fraction of sp³-hybridized carbons (Fsp3) is 0. The Bertz CT molecular complexity index is 3120. The highest BCUT2D eigenvalue weighted by Crippen LogP contribution is 2.41. The van der Waals surface area contributed by atoms with E-state index in [1.807, 2.05) is 0 Å². The zero-order valence-corrected chi connectivity index (χ0v) is 31.8. The molecular formula is C56H38N2. The maximum absolute atomic E-state index is 2.45. The molecule has 2 heterocycles. The molecule has 2 heteroatoms. The summed E-state index contributed by atoms with van der Waals surface area (Å²) in [6.07, 6.45) is 2.24. The van der Waals surface area contributed by atoms with Crippen LogP contribution in [-0.4, -0.2) is 9.13 Å². The van der Waals surface area contributed by atoms with E-state index in [0.29, 0.717) is 0 Å². The summed E-state index contributed by atoms with van der Waals surface area (Å²) in [5.41, 5.74) is 17.8. The van der Waals surface area contributed by atoms with E-state index in [-0.39, 0.29) is 0 Å². The van der Waals surface area contributed by atoms with Crippen molar-refractivity contribution < 1.29 is 0 Å². The van der Waals surface area contributed by atoms with Crippen LogP contribution in [0.5, 0.6) is 0 Å². The van der Waals surface area contributed by atoms with E-state index in [9.17, 15) is 0 Å². The van der Waals surface area contributed by atoms with Crippen molar-refractivity contribution in [1.29, 1.82) is 0 Å². The largest absolute Gasteiger partial charge is 0.316 e. The first-order valence-electron chi connectivity index (χ1n) is 19.9. The summed E-state index contributed by atoms with van der Waals surface area (Å²) in [5.74, 6) is 0. The standard InChI is InChI=1S/C56H38N2/c1-6-16-39(17-7-1)44-32-45(40-18-8-2-9-19-40)34-46(33-44)43-26-28-55-53(38-43)51-27-29-54-52(56(51)58(55)49-24-14-5-15-25-49)30-31-57(54)50-36-47(41-20-10-3-11-21-41)35-48(37-50)42-22-12-4-13-23-42/h1-38H. The molecule has 272 valence electrons. The second kappa shape index (κ2) is 14.1. The number of benzene rings is 9. The molecule has 0 amide bonds. The summed E-state index contributed by atoms with van der Waals surface area (Å²) < 4.78 is 4.80. The minimum Gasteiger partial charge on any atom is -0.316 e. The third-order valence-corrected chi connectivity index (χ3v) is 11.5. The van der Waals surface area contributed by atoms with Crippen molar-refractivity contribution in [3.05, 3.63) is 231 Å². The highest BCUT2D eigenvalue weighted by molar-refractivity contribution is 6.19. The minimum atomic E-state index is 1.13. The maximum Gasteiger partial charge on any atom is 0.0635 e. The first-order valence-corrected chi connectivity index (χ1v) is 19.9. The second-order valence-electron chi connectivity index (χ2n) is 15.0. The summed E-state index contributed by atoms with van der Waals surface area (Å²) >= 11 is 0. The Hall–Kier alpha value is -7.68. The Labute approximate surface area is 338 Å². The molecule has 0 unspecified atom stereocenters. The molecule has 0 N–H and O–H groups in total. The summed E-state index contributed by atoms with van der Waals surface area (Å²) in [6.45, 7) is 0. The van der Waals surface area contributed by atoms with Gasteiger partial charge in [0.25, 0.3) is 0 Å². The molecule has 11 aromatic rings. The Morgan fingerprint density at radius 2 is 0.672 bits per heavy atom. The molecule has 0 saturated carbocycles. The minimum absolute atomic E-state index is 1.13. The van der Waals surface area contributed by atoms with Gasteiger partial charge in [0.1, 0.15) is 0 Å². The first-order chi connectivity index (χ1) is 28.7. The van der Waals surface area contributed by atoms with Crippen LogP contribution in [0.15, 0.2) is 231 Å². The van der Waals surface area contributed by atoms with E-state index in [1.54, 1.807) is 0 Å². The summed E-state index contributed by atoms with van der Waals surface area (Å²) in [4.78, 5) is 0. The van der Waals surface area contributed by atoms with Gasteiger partial charge in [0, 0.05) is 33.7 Å². The van der Waals surface area contributed by atoms with Crippen LogP contribution in [0.2, 0.25) is 0 Å². The average Bonchev–Trinajstić information content (AvgIpc) is 3.90. The van der Waals surface area contributed by atoms with Gasteiger partial charge in [-0.25, -0.2) is 0 Å². The SMILES string of the molecule is c1ccc(-c2cc(-c3ccccc3)cc(-c3ccc4c(c3)c3ccc5c(ccn5-c5cc(-c6ccccc6)cc(-c6ccccc6)c5)c3n4-c3ccccc3)c2)cc1. The normalized spacial score (nSPS) is 11.4. The molecule has 2 aromatic heterocycles. The van der Waals surface area contributed by atoms with E-state index in [4.69, 9.17) is 0 Å². The van der Waals surface area contributed by atoms with Crippen LogP contribution in [0, 0.1) is 0 Å². The van der Waals surface area contributed by atoms with Crippen LogP contribution in [0.1, 0.15) is 0 Å². The maximum atomic E-state index is 2.45. The summed E-state index contributed by atoms with van der Waals surface area (Å²) in [6, 6.07) is 81.4. The second-order valence-corrected chi connectivity index (χ2v) is 15.0. The monoisotopic (exact) mass is 738 g/mol. The third-order valence-electron chi connectivity index (χ3n) is 11.5. The number of para-hydroxylation sites is 1. The number of hydrogen-bond donors (Lipinski definition) is 0. The van der Waals surface area contributed by atoms with Crippen molar-refractivity contribution in [3.63, 3.8) is 0 Å². The molecule has 0 aliphatic heterocycles. The average molecular weight is 739 g/mol. The molecule has 0 saturated heterocycles. The quantitative estimate of drug-likeness (QED) is 0.154. The van der Waals surface area contributed by atoms with Crippen LogP contribution in [0.25, 0.3) is 99.7 Å². The van der Waals surface area contributed by atoms with Gasteiger partial charge in [0.2, 0.25) is 0 Å². The lowest BCUT2D eigenvalue weighted by molar-refractivity contribution is 1.13. The van der Waals surface area contributed by atoms with Gasteiger partial charge in [-0.05, 0) is 128 Å². The molecule has 0 atom stereocenters. The Morgan fingerprint density at radius 1 is 0.241 bits per heavy atom. The molecule has 9 aromatic carbocycles. The molecule has 0 aliphatic carbocycles. The molecule has 11 rings (SSSR count). The van der Waals surface area contributed by atoms with Crippen molar-refractivity contribution in [2.24, 2.45) is 0 Å². The van der Waals surface area contributed by atoms with E-state index in [2.05, 4.69) is 240 Å². The van der Waals surface area contributed by atoms with Gasteiger partial charge in [-0.2, -0.15) is 0 Å². The van der Waals surface area contributed by atoms with Gasteiger partial charge >= 0.3 is 0 Å². The van der Waals surface area contributed by atoms with Gasteiger partial charge in [0.15, 0.2) is 0 Å². The lowest BCUT2D eigenvalue weighted by Crippen LogP contribution is -1.96. The van der Waals surface area contributed by atoms with Crippen LogP contribution < -0.4 is 0 Å². The highest BCUT2D eigenvalue weighted by Gasteiger charge is 2.19. The van der Waals surface area contributed by atoms with Crippen LogP contribution in [0.4, 0.5) is 0 Å². The molecule has 0 radical (unpaired) electrons. The molecule has 0 fully saturated rings. The van der Waals surface area contributed by atoms with Crippen molar-refractivity contribution in [2.75, 3.05) is 0 Å². The Morgan fingerprint density at radius 3 is 1.17 bits per heavy atom. The van der Waals surface area contributed by atoms with Crippen molar-refractivity contribution in [2.45, 2.75) is 0 Å². The Kier molecular flexibility index (Phi) is 8.19. The summed E-state index contributed by atoms with van der Waals surface area (Å²) in [5, 5.41) is 3.68. The molecule has 0 spiro atoms. The molecule has 2 nitrogen and oxygen atoms in total. The van der Waals surface area contributed by atoms with Gasteiger partial charge in [-0.3, -0.25) is 0 Å². The van der Waals surface area contributed by atoms with Crippen LogP contribution in [-0.2, 0) is 0 Å². The van der Waals surface area contributed by atoms with Gasteiger partial charge in [0.05, 0.1) is 16.6 Å². The predicted octanol–water partition coefficient (Wildman–Crippen LogP) is 15.1. The number of nitrogens with zero attached hydrogens (tertiary/aromatic N) is 2. The summed E-state index contributed by atoms with van der Waals surface area (Å²) in [7, 11) is 0. The van der Waals surface area contributed by atoms with Gasteiger partial charge in [-0.15, -0.1) is 0 Å². The van der Waals surface area contributed by atoms with Crippen molar-refractivity contribution in [3.8, 4) is 67.0 Å². The lowest BCUT2D eigenvalue weighted by Gasteiger charge is -2.13. The fourth-order valence-electron chi connectivity index (χ4n) is 8.71. The molecule has 0 bridgehead atoms. The number of hydrogen-bond acceptors (Lipinski definition) is 0. The molecular weight excluding hydrogens is 701 g/mol. The van der Waals surface area contributed by atoms with Crippen molar-refractivity contribution >= 4 is 32.7 Å².